The van der Waals surface area contributed by atoms with Crippen LogP contribution in [-0.2, 0) is 11.8 Å². The fourth-order valence-corrected chi connectivity index (χ4v) is 1.44. The van der Waals surface area contributed by atoms with Gasteiger partial charge in [-0.3, -0.25) is 9.59 Å². The van der Waals surface area contributed by atoms with Gasteiger partial charge in [-0.05, 0) is 19.1 Å². The number of aliphatic carboxylic acids is 1. The second-order valence-corrected chi connectivity index (χ2v) is 3.75. The van der Waals surface area contributed by atoms with Crippen molar-refractivity contribution in [3.05, 3.63) is 28.2 Å². The first kappa shape index (κ1) is 12.8. The normalized spacial score (nSPS) is 11.6. The first-order valence-electron chi connectivity index (χ1n) is 5.04. The summed E-state index contributed by atoms with van der Waals surface area (Å²) >= 11 is 0. The number of aromatic nitrogens is 1. The van der Waals surface area contributed by atoms with Crippen molar-refractivity contribution in [3.8, 4) is 6.07 Å². The third kappa shape index (κ3) is 3.08. The standard InChI is InChI=1S/C11H13N3O3/c1-7(5-10(15)16)13-9-4-3-8(6-12)14(2)11(9)17/h3-4,7,13H,5H2,1-2H3,(H,15,16)/t7-/m0/s1. The number of nitriles is 1. The zero-order chi connectivity index (χ0) is 13.0. The molecule has 0 aliphatic carbocycles. The highest BCUT2D eigenvalue weighted by Gasteiger charge is 2.10. The molecule has 6 nitrogen and oxygen atoms in total. The van der Waals surface area contributed by atoms with E-state index in [0.29, 0.717) is 5.69 Å². The van der Waals surface area contributed by atoms with Gasteiger partial charge in [-0.15, -0.1) is 0 Å². The Hall–Kier alpha value is -2.29. The summed E-state index contributed by atoms with van der Waals surface area (Å²) in [6.45, 7) is 1.67. The van der Waals surface area contributed by atoms with Crippen LogP contribution in [-0.4, -0.2) is 21.7 Å². The minimum absolute atomic E-state index is 0.0802. The van der Waals surface area contributed by atoms with Gasteiger partial charge < -0.3 is 15.0 Å². The van der Waals surface area contributed by atoms with Crippen LogP contribution in [0, 0.1) is 11.3 Å². The predicted molar refractivity (Wildman–Crippen MR) is 61.7 cm³/mol. The predicted octanol–water partition coefficient (Wildman–Crippen LogP) is 0.532. The average molecular weight is 235 g/mol. The molecule has 90 valence electrons. The van der Waals surface area contributed by atoms with Gasteiger partial charge in [-0.25, -0.2) is 0 Å². The van der Waals surface area contributed by atoms with Gasteiger partial charge in [0.15, 0.2) is 0 Å². The second-order valence-electron chi connectivity index (χ2n) is 3.75. The van der Waals surface area contributed by atoms with Crippen LogP contribution in [0.2, 0.25) is 0 Å². The lowest BCUT2D eigenvalue weighted by molar-refractivity contribution is -0.137. The van der Waals surface area contributed by atoms with E-state index in [1.54, 1.807) is 6.92 Å². The number of hydrogen-bond acceptors (Lipinski definition) is 4. The van der Waals surface area contributed by atoms with Crippen LogP contribution >= 0.6 is 0 Å². The van der Waals surface area contributed by atoms with Crippen LogP contribution in [0.4, 0.5) is 5.69 Å². The van der Waals surface area contributed by atoms with Crippen LogP contribution < -0.4 is 10.9 Å². The largest absolute Gasteiger partial charge is 0.481 e. The lowest BCUT2D eigenvalue weighted by Crippen LogP contribution is -2.27. The molecule has 1 heterocycles. The van der Waals surface area contributed by atoms with E-state index in [9.17, 15) is 9.59 Å². The lowest BCUT2D eigenvalue weighted by atomic mass is 10.2. The smallest absolute Gasteiger partial charge is 0.305 e. The zero-order valence-electron chi connectivity index (χ0n) is 9.60. The summed E-state index contributed by atoms with van der Waals surface area (Å²) in [7, 11) is 1.49. The van der Waals surface area contributed by atoms with Crippen molar-refractivity contribution < 1.29 is 9.90 Å². The summed E-state index contributed by atoms with van der Waals surface area (Å²) in [6.07, 6.45) is -0.0802. The first-order chi connectivity index (χ1) is 7.95. The quantitative estimate of drug-likeness (QED) is 0.793. The molecule has 1 rings (SSSR count). The summed E-state index contributed by atoms with van der Waals surface area (Å²) in [5.41, 5.74) is 0.202. The number of carboxylic acids is 1. The summed E-state index contributed by atoms with van der Waals surface area (Å²) in [4.78, 5) is 22.3. The molecule has 0 unspecified atom stereocenters. The molecule has 0 radical (unpaired) electrons. The Morgan fingerprint density at radius 3 is 2.82 bits per heavy atom. The molecule has 1 aromatic rings. The van der Waals surface area contributed by atoms with Gasteiger partial charge in [-0.2, -0.15) is 5.26 Å². The fourth-order valence-electron chi connectivity index (χ4n) is 1.44. The lowest BCUT2D eigenvalue weighted by Gasteiger charge is -2.13. The second kappa shape index (κ2) is 5.16. The molecule has 2 N–H and O–H groups in total. The number of nitrogens with zero attached hydrogens (tertiary/aromatic N) is 2. The van der Waals surface area contributed by atoms with Crippen LogP contribution in [0.15, 0.2) is 16.9 Å². The molecule has 0 aliphatic rings. The van der Waals surface area contributed by atoms with E-state index in [0.717, 1.165) is 0 Å². The van der Waals surface area contributed by atoms with E-state index in [-0.39, 0.29) is 23.7 Å². The maximum absolute atomic E-state index is 11.8. The third-order valence-corrected chi connectivity index (χ3v) is 2.30. The Balaban J connectivity index is 2.95. The van der Waals surface area contributed by atoms with Gasteiger partial charge in [0.05, 0.1) is 6.42 Å². The van der Waals surface area contributed by atoms with Crippen molar-refractivity contribution in [1.29, 1.82) is 5.26 Å². The SMILES string of the molecule is C[C@@H](CC(=O)O)Nc1ccc(C#N)n(C)c1=O. The number of carbonyl (C=O) groups is 1. The molecular formula is C11H13N3O3. The summed E-state index contributed by atoms with van der Waals surface area (Å²) < 4.78 is 1.22. The van der Waals surface area contributed by atoms with E-state index in [1.165, 1.54) is 23.7 Å². The molecule has 1 aromatic heterocycles. The van der Waals surface area contributed by atoms with Crippen molar-refractivity contribution in [1.82, 2.24) is 4.57 Å². The van der Waals surface area contributed by atoms with Crippen LogP contribution in [0.25, 0.3) is 0 Å². The van der Waals surface area contributed by atoms with Crippen LogP contribution in [0.1, 0.15) is 19.0 Å². The highest BCUT2D eigenvalue weighted by atomic mass is 16.4. The average Bonchev–Trinajstić information content (AvgIpc) is 2.24. The number of pyridine rings is 1. The topological polar surface area (TPSA) is 95.1 Å². The van der Waals surface area contributed by atoms with Crippen molar-refractivity contribution in [2.24, 2.45) is 7.05 Å². The van der Waals surface area contributed by atoms with Gasteiger partial charge in [0.2, 0.25) is 0 Å². The maximum atomic E-state index is 11.8. The van der Waals surface area contributed by atoms with Crippen molar-refractivity contribution in [3.63, 3.8) is 0 Å². The van der Waals surface area contributed by atoms with Gasteiger partial charge in [0.1, 0.15) is 17.5 Å². The van der Waals surface area contributed by atoms with E-state index >= 15 is 0 Å². The van der Waals surface area contributed by atoms with E-state index in [4.69, 9.17) is 10.4 Å². The molecule has 17 heavy (non-hydrogen) atoms. The number of rotatable bonds is 4. The number of carboxylic acid groups (broad SMARTS) is 1. The molecule has 0 amide bonds. The Kier molecular flexibility index (Phi) is 3.88. The molecule has 0 bridgehead atoms. The molecule has 6 heteroatoms. The molecule has 0 aromatic carbocycles. The van der Waals surface area contributed by atoms with Gasteiger partial charge in [0.25, 0.3) is 5.56 Å². The fraction of sp³-hybridized carbons (Fsp3) is 0.364. The van der Waals surface area contributed by atoms with E-state index < -0.39 is 5.97 Å². The Labute approximate surface area is 98.1 Å². The summed E-state index contributed by atoms with van der Waals surface area (Å²) in [5, 5.41) is 20.1. The third-order valence-electron chi connectivity index (χ3n) is 2.30. The molecule has 0 spiro atoms. The zero-order valence-corrected chi connectivity index (χ0v) is 9.60. The first-order valence-corrected chi connectivity index (χ1v) is 5.04. The van der Waals surface area contributed by atoms with E-state index in [2.05, 4.69) is 5.32 Å². The minimum atomic E-state index is -0.935. The number of anilines is 1. The highest BCUT2D eigenvalue weighted by molar-refractivity contribution is 5.68. The molecule has 1 atom stereocenters. The van der Waals surface area contributed by atoms with Crippen molar-refractivity contribution in [2.75, 3.05) is 5.32 Å². The Morgan fingerprint density at radius 2 is 2.29 bits per heavy atom. The number of hydrogen-bond donors (Lipinski definition) is 2. The maximum Gasteiger partial charge on any atom is 0.305 e. The van der Waals surface area contributed by atoms with Crippen LogP contribution in [0.5, 0.6) is 0 Å². The van der Waals surface area contributed by atoms with Crippen molar-refractivity contribution in [2.45, 2.75) is 19.4 Å². The monoisotopic (exact) mass is 235 g/mol. The Morgan fingerprint density at radius 1 is 1.65 bits per heavy atom. The molecule has 0 saturated heterocycles. The number of nitrogens with one attached hydrogen (secondary N) is 1. The van der Waals surface area contributed by atoms with Gasteiger partial charge >= 0.3 is 5.97 Å². The van der Waals surface area contributed by atoms with Gasteiger partial charge in [-0.1, -0.05) is 0 Å². The van der Waals surface area contributed by atoms with Crippen LogP contribution in [0.3, 0.4) is 0 Å². The molecule has 0 saturated carbocycles. The van der Waals surface area contributed by atoms with Crippen molar-refractivity contribution >= 4 is 11.7 Å². The molecular weight excluding hydrogens is 222 g/mol. The molecule has 0 aliphatic heterocycles. The summed E-state index contributed by atoms with van der Waals surface area (Å²) in [5.74, 6) is -0.935. The van der Waals surface area contributed by atoms with Gasteiger partial charge in [0, 0.05) is 13.1 Å². The summed E-state index contributed by atoms with van der Waals surface area (Å²) in [6, 6.07) is 4.53. The Bertz CT molecular complexity index is 528. The molecule has 0 fully saturated rings. The van der Waals surface area contributed by atoms with E-state index in [1.807, 2.05) is 6.07 Å². The minimum Gasteiger partial charge on any atom is -0.481 e. The highest BCUT2D eigenvalue weighted by Crippen LogP contribution is 2.05.